The summed E-state index contributed by atoms with van der Waals surface area (Å²) in [6.45, 7) is 7.38. The van der Waals surface area contributed by atoms with Gasteiger partial charge in [-0.15, -0.1) is 0 Å². The van der Waals surface area contributed by atoms with Gasteiger partial charge >= 0.3 is 6.01 Å². The van der Waals surface area contributed by atoms with E-state index in [9.17, 15) is 0 Å². The van der Waals surface area contributed by atoms with Crippen molar-refractivity contribution in [2.24, 2.45) is 11.8 Å². The molecular formula is C23H30N4O. The second-order valence-corrected chi connectivity index (χ2v) is 8.06. The van der Waals surface area contributed by atoms with Gasteiger partial charge in [0.2, 0.25) is 0 Å². The van der Waals surface area contributed by atoms with Crippen LogP contribution in [-0.4, -0.2) is 22.7 Å². The third-order valence-corrected chi connectivity index (χ3v) is 5.86. The number of unbranched alkanes of at least 4 members (excludes halogenated alkanes) is 1. The lowest BCUT2D eigenvalue weighted by Gasteiger charge is -2.35. The maximum Gasteiger partial charge on any atom is 0.318 e. The molecule has 2 N–H and O–H groups in total. The van der Waals surface area contributed by atoms with Crippen LogP contribution < -0.4 is 15.4 Å². The second-order valence-electron chi connectivity index (χ2n) is 8.06. The zero-order valence-electron chi connectivity index (χ0n) is 17.0. The minimum atomic E-state index is 0.111. The number of nitrogens with one attached hydrogen (secondary N) is 2. The Labute approximate surface area is 167 Å². The molecule has 0 amide bonds. The summed E-state index contributed by atoms with van der Waals surface area (Å²) in [7, 11) is 0. The molecule has 3 unspecified atom stereocenters. The van der Waals surface area contributed by atoms with Crippen molar-refractivity contribution in [3.63, 3.8) is 0 Å². The summed E-state index contributed by atoms with van der Waals surface area (Å²) in [6.07, 6.45) is 8.69. The van der Waals surface area contributed by atoms with Gasteiger partial charge in [0, 0.05) is 28.9 Å². The number of fused-ring (bicyclic) bond motifs is 3. The summed E-state index contributed by atoms with van der Waals surface area (Å²) in [6, 6.07) is 8.85. The smallest absolute Gasteiger partial charge is 0.318 e. The highest BCUT2D eigenvalue weighted by Crippen LogP contribution is 2.40. The van der Waals surface area contributed by atoms with Gasteiger partial charge in [0.05, 0.1) is 6.61 Å². The number of benzene rings is 1. The van der Waals surface area contributed by atoms with Gasteiger partial charge in [0.25, 0.3) is 0 Å². The van der Waals surface area contributed by atoms with E-state index in [4.69, 9.17) is 9.72 Å². The fraction of sp³-hybridized carbons (Fsp3) is 0.478. The molecule has 5 heteroatoms. The summed E-state index contributed by atoms with van der Waals surface area (Å²) >= 11 is 0. The fourth-order valence-electron chi connectivity index (χ4n) is 4.24. The van der Waals surface area contributed by atoms with E-state index < -0.39 is 0 Å². The molecule has 1 aliphatic heterocycles. The van der Waals surface area contributed by atoms with Gasteiger partial charge in [-0.05, 0) is 38.2 Å². The van der Waals surface area contributed by atoms with E-state index >= 15 is 0 Å². The van der Waals surface area contributed by atoms with Crippen LogP contribution in [0.4, 0.5) is 11.5 Å². The number of hydrogen-bond donors (Lipinski definition) is 2. The SMILES string of the molecule is CCCCOc1ncc2c(n1)NC(C1CC=C(C)CC1C)Nc1ccccc1-2. The predicted molar refractivity (Wildman–Crippen MR) is 115 cm³/mol. The average Bonchev–Trinajstić information content (AvgIpc) is 2.84. The van der Waals surface area contributed by atoms with Crippen molar-refractivity contribution in [1.82, 2.24) is 9.97 Å². The lowest BCUT2D eigenvalue weighted by Crippen LogP contribution is -2.40. The van der Waals surface area contributed by atoms with Crippen LogP contribution in [0, 0.1) is 11.8 Å². The fourth-order valence-corrected chi connectivity index (χ4v) is 4.24. The van der Waals surface area contributed by atoms with Crippen molar-refractivity contribution in [3.05, 3.63) is 42.1 Å². The molecule has 0 fully saturated rings. The maximum absolute atomic E-state index is 5.77. The minimum absolute atomic E-state index is 0.111. The zero-order valence-corrected chi connectivity index (χ0v) is 17.0. The number of allylic oxidation sites excluding steroid dienone is 2. The number of nitrogens with zero attached hydrogens (tertiary/aromatic N) is 2. The van der Waals surface area contributed by atoms with E-state index in [0.29, 0.717) is 24.5 Å². The molecule has 0 bridgehead atoms. The van der Waals surface area contributed by atoms with Crippen LogP contribution >= 0.6 is 0 Å². The normalized spacial score (nSPS) is 23.4. The highest BCUT2D eigenvalue weighted by Gasteiger charge is 2.32. The molecule has 5 nitrogen and oxygen atoms in total. The maximum atomic E-state index is 5.77. The van der Waals surface area contributed by atoms with Crippen molar-refractivity contribution < 1.29 is 4.74 Å². The van der Waals surface area contributed by atoms with Crippen molar-refractivity contribution in [2.45, 2.75) is 52.6 Å². The molecule has 1 aromatic carbocycles. The molecule has 2 heterocycles. The average molecular weight is 379 g/mol. The quantitative estimate of drug-likeness (QED) is 0.533. The highest BCUT2D eigenvalue weighted by atomic mass is 16.5. The standard InChI is InChI=1S/C23H30N4O/c1-4-5-12-28-23-24-14-19-18-8-6-7-9-20(18)25-21(26-22(19)27-23)17-11-10-15(2)13-16(17)3/h6-10,14,16-17,21,25H,4-5,11-13H2,1-3H3,(H,24,26,27). The summed E-state index contributed by atoms with van der Waals surface area (Å²) in [5.41, 5.74) is 4.76. The lowest BCUT2D eigenvalue weighted by molar-refractivity contribution is 0.285. The van der Waals surface area contributed by atoms with Gasteiger partial charge in [-0.25, -0.2) is 4.98 Å². The van der Waals surface area contributed by atoms with Crippen LogP contribution in [0.1, 0.15) is 46.5 Å². The summed E-state index contributed by atoms with van der Waals surface area (Å²) < 4.78 is 5.77. The molecule has 3 atom stereocenters. The van der Waals surface area contributed by atoms with Crippen molar-refractivity contribution in [1.29, 1.82) is 0 Å². The molecular weight excluding hydrogens is 348 g/mol. The van der Waals surface area contributed by atoms with Gasteiger partial charge in [0.1, 0.15) is 12.0 Å². The lowest BCUT2D eigenvalue weighted by atomic mass is 9.79. The second kappa shape index (κ2) is 8.21. The first-order valence-corrected chi connectivity index (χ1v) is 10.4. The molecule has 1 aromatic heterocycles. The monoisotopic (exact) mass is 378 g/mol. The topological polar surface area (TPSA) is 59.1 Å². The number of para-hydroxylation sites is 1. The van der Waals surface area contributed by atoms with Crippen LogP contribution in [-0.2, 0) is 0 Å². The number of aromatic nitrogens is 2. The molecule has 2 aromatic rings. The molecule has 148 valence electrons. The highest BCUT2D eigenvalue weighted by molar-refractivity contribution is 5.86. The molecule has 0 radical (unpaired) electrons. The van der Waals surface area contributed by atoms with E-state index in [1.807, 2.05) is 6.20 Å². The van der Waals surface area contributed by atoms with Crippen LogP contribution in [0.3, 0.4) is 0 Å². The van der Waals surface area contributed by atoms with E-state index in [-0.39, 0.29) is 6.17 Å². The van der Waals surface area contributed by atoms with Crippen LogP contribution in [0.2, 0.25) is 0 Å². The summed E-state index contributed by atoms with van der Waals surface area (Å²) in [5, 5.41) is 7.42. The van der Waals surface area contributed by atoms with Crippen LogP contribution in [0.25, 0.3) is 11.1 Å². The predicted octanol–water partition coefficient (Wildman–Crippen LogP) is 5.48. The Kier molecular flexibility index (Phi) is 5.51. The van der Waals surface area contributed by atoms with E-state index in [0.717, 1.165) is 48.3 Å². The first-order valence-electron chi connectivity index (χ1n) is 10.4. The molecule has 1 aliphatic carbocycles. The molecule has 28 heavy (non-hydrogen) atoms. The number of anilines is 2. The summed E-state index contributed by atoms with van der Waals surface area (Å²) in [4.78, 5) is 9.19. The minimum Gasteiger partial charge on any atom is -0.463 e. The van der Waals surface area contributed by atoms with Crippen molar-refractivity contribution in [3.8, 4) is 17.1 Å². The largest absolute Gasteiger partial charge is 0.463 e. The Balaban J connectivity index is 1.68. The third kappa shape index (κ3) is 3.84. The summed E-state index contributed by atoms with van der Waals surface area (Å²) in [5.74, 6) is 1.94. The number of ether oxygens (including phenoxy) is 1. The van der Waals surface area contributed by atoms with Gasteiger partial charge in [-0.1, -0.05) is 50.1 Å². The Bertz CT molecular complexity index is 863. The van der Waals surface area contributed by atoms with Gasteiger partial charge in [-0.2, -0.15) is 4.98 Å². The van der Waals surface area contributed by atoms with Gasteiger partial charge in [0.15, 0.2) is 0 Å². The number of hydrogen-bond acceptors (Lipinski definition) is 5. The molecule has 0 saturated carbocycles. The Hall–Kier alpha value is -2.56. The van der Waals surface area contributed by atoms with Gasteiger partial charge in [-0.3, -0.25) is 0 Å². The third-order valence-electron chi connectivity index (χ3n) is 5.86. The molecule has 0 saturated heterocycles. The van der Waals surface area contributed by atoms with Gasteiger partial charge < -0.3 is 15.4 Å². The molecule has 0 spiro atoms. The first kappa shape index (κ1) is 18.8. The van der Waals surface area contributed by atoms with Crippen LogP contribution in [0.5, 0.6) is 6.01 Å². The van der Waals surface area contributed by atoms with Crippen molar-refractivity contribution >= 4 is 11.5 Å². The molecule has 2 aliphatic rings. The zero-order chi connectivity index (χ0) is 19.5. The Morgan fingerprint density at radius 2 is 2.04 bits per heavy atom. The Morgan fingerprint density at radius 1 is 1.18 bits per heavy atom. The van der Waals surface area contributed by atoms with E-state index in [1.165, 1.54) is 5.57 Å². The molecule has 4 rings (SSSR count). The van der Waals surface area contributed by atoms with Crippen LogP contribution in [0.15, 0.2) is 42.1 Å². The van der Waals surface area contributed by atoms with Crippen molar-refractivity contribution in [2.75, 3.05) is 17.2 Å². The van der Waals surface area contributed by atoms with E-state index in [1.54, 1.807) is 0 Å². The Morgan fingerprint density at radius 3 is 2.86 bits per heavy atom. The first-order chi connectivity index (χ1) is 13.7. The number of rotatable bonds is 5. The van der Waals surface area contributed by atoms with E-state index in [2.05, 4.69) is 66.7 Å².